The van der Waals surface area contributed by atoms with Gasteiger partial charge in [0, 0.05) is 18.0 Å². The Balaban J connectivity index is 1.50. The van der Waals surface area contributed by atoms with Crippen molar-refractivity contribution >= 4 is 23.2 Å². The van der Waals surface area contributed by atoms with Crippen molar-refractivity contribution in [1.82, 2.24) is 9.80 Å². The van der Waals surface area contributed by atoms with E-state index in [-0.39, 0.29) is 30.3 Å². The number of hydrogen-bond acceptors (Lipinski definition) is 4. The Kier molecular flexibility index (Phi) is 8.24. The Hall–Kier alpha value is -3.12. The molecule has 1 aliphatic rings. The van der Waals surface area contributed by atoms with Crippen LogP contribution in [0.4, 0.5) is 0 Å². The Labute approximate surface area is 212 Å². The molecule has 35 heavy (non-hydrogen) atoms. The van der Waals surface area contributed by atoms with E-state index in [9.17, 15) is 9.59 Å². The van der Waals surface area contributed by atoms with E-state index in [2.05, 4.69) is 25.3 Å². The molecule has 0 fully saturated rings. The van der Waals surface area contributed by atoms with Crippen molar-refractivity contribution < 1.29 is 14.3 Å². The highest BCUT2D eigenvalue weighted by Crippen LogP contribution is 2.34. The molecule has 0 aliphatic carbocycles. The highest BCUT2D eigenvalue weighted by atomic mass is 32.1. The molecule has 184 valence electrons. The fraction of sp³-hybridized carbons (Fsp3) is 0.379. The zero-order chi connectivity index (χ0) is 24.8. The van der Waals surface area contributed by atoms with Crippen LogP contribution in [0, 0.1) is 12.8 Å². The number of ether oxygens (including phenoxy) is 1. The molecule has 2 aromatic carbocycles. The number of rotatable bonds is 9. The summed E-state index contributed by atoms with van der Waals surface area (Å²) in [6.07, 6.45) is 1.14. The van der Waals surface area contributed by atoms with Crippen LogP contribution in [0.25, 0.3) is 0 Å². The molecule has 0 bridgehead atoms. The number of thiophene rings is 1. The van der Waals surface area contributed by atoms with Crippen LogP contribution < -0.4 is 4.74 Å². The van der Waals surface area contributed by atoms with Crippen molar-refractivity contribution in [2.75, 3.05) is 26.2 Å². The van der Waals surface area contributed by atoms with Crippen molar-refractivity contribution in [2.45, 2.75) is 39.7 Å². The summed E-state index contributed by atoms with van der Waals surface area (Å²) in [5.74, 6) is 1.07. The molecule has 0 unspecified atom stereocenters. The highest BCUT2D eigenvalue weighted by Gasteiger charge is 2.33. The van der Waals surface area contributed by atoms with Crippen molar-refractivity contribution in [3.8, 4) is 5.75 Å². The second kappa shape index (κ2) is 11.5. The molecule has 5 nitrogen and oxygen atoms in total. The Morgan fingerprint density at radius 1 is 1.09 bits per heavy atom. The SMILES string of the molecule is Cc1ccccc1OC[C@H]1c2ccsc2CCN1C(=O)CN(CC(C)C)C(=O)Cc1ccccc1. The van der Waals surface area contributed by atoms with Gasteiger partial charge in [0.05, 0.1) is 19.0 Å². The normalized spacial score (nSPS) is 15.1. The lowest BCUT2D eigenvalue weighted by Gasteiger charge is -2.37. The van der Waals surface area contributed by atoms with Crippen LogP contribution in [-0.2, 0) is 22.4 Å². The first kappa shape index (κ1) is 25.0. The standard InChI is InChI=1S/C29H34N2O3S/c1-21(2)18-30(28(32)17-23-10-5-4-6-11-23)19-29(33)31-15-13-27-24(14-16-35-27)25(31)20-34-26-12-8-7-9-22(26)3/h4-12,14,16,21,25H,13,15,17-20H2,1-3H3/t25-/m0/s1. The molecule has 1 aliphatic heterocycles. The van der Waals surface area contributed by atoms with E-state index < -0.39 is 0 Å². The van der Waals surface area contributed by atoms with Gasteiger partial charge >= 0.3 is 0 Å². The van der Waals surface area contributed by atoms with Gasteiger partial charge in [-0.1, -0.05) is 62.4 Å². The molecule has 6 heteroatoms. The van der Waals surface area contributed by atoms with Crippen molar-refractivity contribution in [3.05, 3.63) is 87.6 Å². The van der Waals surface area contributed by atoms with Gasteiger partial charge in [-0.05, 0) is 53.5 Å². The maximum Gasteiger partial charge on any atom is 0.242 e. The lowest BCUT2D eigenvalue weighted by molar-refractivity contribution is -0.142. The summed E-state index contributed by atoms with van der Waals surface area (Å²) in [5, 5.41) is 2.09. The predicted octanol–water partition coefficient (Wildman–Crippen LogP) is 5.29. The number of hydrogen-bond donors (Lipinski definition) is 0. The maximum atomic E-state index is 13.6. The first-order chi connectivity index (χ1) is 16.9. The predicted molar refractivity (Wildman–Crippen MR) is 141 cm³/mol. The summed E-state index contributed by atoms with van der Waals surface area (Å²) in [6, 6.07) is 19.6. The molecule has 0 saturated carbocycles. The molecular weight excluding hydrogens is 456 g/mol. The lowest BCUT2D eigenvalue weighted by Crippen LogP contribution is -2.48. The first-order valence-electron chi connectivity index (χ1n) is 12.3. The molecule has 2 heterocycles. The molecule has 1 atom stereocenters. The molecule has 1 aromatic heterocycles. The van der Waals surface area contributed by atoms with E-state index in [0.717, 1.165) is 28.9 Å². The third-order valence-corrected chi connectivity index (χ3v) is 7.36. The van der Waals surface area contributed by atoms with Gasteiger partial charge in [0.15, 0.2) is 0 Å². The van der Waals surface area contributed by atoms with E-state index in [1.807, 2.05) is 66.4 Å². The minimum atomic E-state index is -0.165. The molecule has 2 amide bonds. The quantitative estimate of drug-likeness (QED) is 0.410. The molecule has 3 aromatic rings. The van der Waals surface area contributed by atoms with Crippen LogP contribution >= 0.6 is 11.3 Å². The molecule has 0 saturated heterocycles. The van der Waals surface area contributed by atoms with Crippen molar-refractivity contribution in [3.63, 3.8) is 0 Å². The van der Waals surface area contributed by atoms with Crippen molar-refractivity contribution in [1.29, 1.82) is 0 Å². The van der Waals surface area contributed by atoms with E-state index in [4.69, 9.17) is 4.74 Å². The zero-order valence-electron chi connectivity index (χ0n) is 20.8. The smallest absolute Gasteiger partial charge is 0.242 e. The maximum absolute atomic E-state index is 13.6. The number of amides is 2. The number of para-hydroxylation sites is 1. The third kappa shape index (κ3) is 6.31. The average molecular weight is 491 g/mol. The van der Waals surface area contributed by atoms with Crippen LogP contribution in [0.3, 0.4) is 0 Å². The summed E-state index contributed by atoms with van der Waals surface area (Å²) >= 11 is 1.74. The lowest BCUT2D eigenvalue weighted by atomic mass is 10.00. The summed E-state index contributed by atoms with van der Waals surface area (Å²) in [4.78, 5) is 31.8. The second-order valence-corrected chi connectivity index (χ2v) is 10.6. The second-order valence-electron chi connectivity index (χ2n) is 9.56. The summed E-state index contributed by atoms with van der Waals surface area (Å²) in [7, 11) is 0. The van der Waals surface area contributed by atoms with Gasteiger partial charge in [0.2, 0.25) is 11.8 Å². The summed E-state index contributed by atoms with van der Waals surface area (Å²) in [6.45, 7) is 7.84. The number of benzene rings is 2. The Bertz CT molecular complexity index is 1140. The van der Waals surface area contributed by atoms with Crippen LogP contribution in [0.5, 0.6) is 5.75 Å². The fourth-order valence-corrected chi connectivity index (χ4v) is 5.52. The van der Waals surface area contributed by atoms with E-state index in [1.54, 1.807) is 16.2 Å². The Morgan fingerprint density at radius 2 is 1.83 bits per heavy atom. The first-order valence-corrected chi connectivity index (χ1v) is 13.2. The van der Waals surface area contributed by atoms with Crippen LogP contribution in [0.15, 0.2) is 66.0 Å². The van der Waals surface area contributed by atoms with Gasteiger partial charge in [0.1, 0.15) is 12.4 Å². The van der Waals surface area contributed by atoms with Crippen LogP contribution in [-0.4, -0.2) is 47.9 Å². The number of aryl methyl sites for hydroxylation is 1. The van der Waals surface area contributed by atoms with E-state index in [0.29, 0.717) is 26.1 Å². The molecule has 0 spiro atoms. The van der Waals surface area contributed by atoms with Gasteiger partial charge in [-0.3, -0.25) is 9.59 Å². The minimum Gasteiger partial charge on any atom is -0.491 e. The highest BCUT2D eigenvalue weighted by molar-refractivity contribution is 7.10. The van der Waals surface area contributed by atoms with E-state index >= 15 is 0 Å². The van der Waals surface area contributed by atoms with Crippen LogP contribution in [0.2, 0.25) is 0 Å². The number of nitrogens with zero attached hydrogens (tertiary/aromatic N) is 2. The number of carbonyl (C=O) groups excluding carboxylic acids is 2. The largest absolute Gasteiger partial charge is 0.491 e. The van der Waals surface area contributed by atoms with Crippen LogP contribution in [0.1, 0.15) is 41.5 Å². The summed E-state index contributed by atoms with van der Waals surface area (Å²) < 4.78 is 6.21. The van der Waals surface area contributed by atoms with Gasteiger partial charge in [-0.25, -0.2) is 0 Å². The third-order valence-electron chi connectivity index (χ3n) is 6.37. The van der Waals surface area contributed by atoms with Gasteiger partial charge in [0.25, 0.3) is 0 Å². The minimum absolute atomic E-state index is 0.0146. The summed E-state index contributed by atoms with van der Waals surface area (Å²) in [5.41, 5.74) is 3.19. The van der Waals surface area contributed by atoms with E-state index in [1.165, 1.54) is 4.88 Å². The zero-order valence-corrected chi connectivity index (χ0v) is 21.6. The molecule has 0 radical (unpaired) electrons. The number of fused-ring (bicyclic) bond motifs is 1. The molecule has 0 N–H and O–H groups in total. The number of carbonyl (C=O) groups is 2. The van der Waals surface area contributed by atoms with Crippen molar-refractivity contribution in [2.24, 2.45) is 5.92 Å². The molecule has 4 rings (SSSR count). The molecular formula is C29H34N2O3S. The Morgan fingerprint density at radius 3 is 2.57 bits per heavy atom. The van der Waals surface area contributed by atoms with Gasteiger partial charge in [-0.2, -0.15) is 0 Å². The fourth-order valence-electron chi connectivity index (χ4n) is 4.59. The topological polar surface area (TPSA) is 49.9 Å². The average Bonchev–Trinajstić information content (AvgIpc) is 3.32. The van der Waals surface area contributed by atoms with Gasteiger partial charge in [-0.15, -0.1) is 11.3 Å². The monoisotopic (exact) mass is 490 g/mol. The van der Waals surface area contributed by atoms with Gasteiger partial charge < -0.3 is 14.5 Å².